The van der Waals surface area contributed by atoms with Crippen LogP contribution in [0, 0.1) is 0 Å². The Labute approximate surface area is 134 Å². The molecule has 0 aliphatic heterocycles. The highest BCUT2D eigenvalue weighted by molar-refractivity contribution is 6.30. The number of halogens is 1. The fraction of sp³-hybridized carbons (Fsp3) is 0.647. The topological polar surface area (TPSA) is 30.5 Å². The molecule has 4 heteroatoms. The molecule has 0 bridgehead atoms. The summed E-state index contributed by atoms with van der Waals surface area (Å²) in [5, 5.41) is 4.14. The van der Waals surface area contributed by atoms with Crippen LogP contribution < -0.4 is 14.8 Å². The minimum absolute atomic E-state index is 0.613. The van der Waals surface area contributed by atoms with E-state index in [1.54, 1.807) is 13.2 Å². The third-order valence-corrected chi connectivity index (χ3v) is 3.60. The number of nitrogens with one attached hydrogen (secondary N) is 1. The van der Waals surface area contributed by atoms with Crippen molar-refractivity contribution < 1.29 is 9.47 Å². The highest BCUT2D eigenvalue weighted by Crippen LogP contribution is 2.34. The van der Waals surface area contributed by atoms with Crippen LogP contribution in [-0.2, 0) is 6.54 Å². The molecule has 0 aliphatic carbocycles. The standard InChI is InChI=1S/C17H28ClNO2/c1-4-6-7-8-9-10-19-13-14-11-15(18)12-16(20-3)17(14)21-5-2/h11-12,19H,4-10,13H2,1-3H3. The molecule has 21 heavy (non-hydrogen) atoms. The van der Waals surface area contributed by atoms with Gasteiger partial charge in [0.05, 0.1) is 13.7 Å². The Kier molecular flexibility index (Phi) is 9.27. The first-order chi connectivity index (χ1) is 10.2. The predicted octanol–water partition coefficient (Wildman–Crippen LogP) is 4.81. The second-order valence-electron chi connectivity index (χ2n) is 5.12. The van der Waals surface area contributed by atoms with Crippen molar-refractivity contribution in [1.29, 1.82) is 0 Å². The van der Waals surface area contributed by atoms with Crippen LogP contribution >= 0.6 is 11.6 Å². The maximum atomic E-state index is 6.13. The second kappa shape index (κ2) is 10.7. The summed E-state index contributed by atoms with van der Waals surface area (Å²) in [6, 6.07) is 3.74. The van der Waals surface area contributed by atoms with Gasteiger partial charge >= 0.3 is 0 Å². The Morgan fingerprint density at radius 2 is 1.86 bits per heavy atom. The number of ether oxygens (including phenoxy) is 2. The van der Waals surface area contributed by atoms with E-state index < -0.39 is 0 Å². The van der Waals surface area contributed by atoms with Gasteiger partial charge in [-0.05, 0) is 26.0 Å². The van der Waals surface area contributed by atoms with Gasteiger partial charge in [-0.2, -0.15) is 0 Å². The van der Waals surface area contributed by atoms with Crippen molar-refractivity contribution >= 4 is 11.6 Å². The quantitative estimate of drug-likeness (QED) is 0.595. The molecule has 0 aliphatic rings. The average Bonchev–Trinajstić information content (AvgIpc) is 2.48. The van der Waals surface area contributed by atoms with Gasteiger partial charge in [0.15, 0.2) is 11.5 Å². The van der Waals surface area contributed by atoms with Gasteiger partial charge in [-0.15, -0.1) is 0 Å². The molecule has 0 heterocycles. The summed E-state index contributed by atoms with van der Waals surface area (Å²) < 4.78 is 11.1. The Morgan fingerprint density at radius 3 is 2.52 bits per heavy atom. The first-order valence-electron chi connectivity index (χ1n) is 7.92. The lowest BCUT2D eigenvalue weighted by Crippen LogP contribution is -2.15. The van der Waals surface area contributed by atoms with E-state index in [1.807, 2.05) is 13.0 Å². The van der Waals surface area contributed by atoms with Crippen molar-refractivity contribution in [1.82, 2.24) is 5.32 Å². The van der Waals surface area contributed by atoms with Crippen molar-refractivity contribution in [2.75, 3.05) is 20.3 Å². The molecule has 1 aromatic rings. The predicted molar refractivity (Wildman–Crippen MR) is 89.6 cm³/mol. The number of unbranched alkanes of at least 4 members (excludes halogenated alkanes) is 4. The first kappa shape index (κ1) is 18.1. The maximum absolute atomic E-state index is 6.13. The Morgan fingerprint density at radius 1 is 1.10 bits per heavy atom. The molecule has 0 saturated heterocycles. The summed E-state index contributed by atoms with van der Waals surface area (Å²) in [6.45, 7) is 6.59. The molecule has 0 spiro atoms. The van der Waals surface area contributed by atoms with E-state index in [4.69, 9.17) is 21.1 Å². The number of benzene rings is 1. The minimum Gasteiger partial charge on any atom is -0.493 e. The summed E-state index contributed by atoms with van der Waals surface area (Å²) in [6.07, 6.45) is 6.44. The number of rotatable bonds is 11. The molecule has 0 amide bonds. The molecule has 0 radical (unpaired) electrons. The first-order valence-corrected chi connectivity index (χ1v) is 8.30. The molecule has 1 rings (SSSR count). The average molecular weight is 314 g/mol. The monoisotopic (exact) mass is 313 g/mol. The maximum Gasteiger partial charge on any atom is 0.165 e. The molecule has 0 unspecified atom stereocenters. The summed E-state index contributed by atoms with van der Waals surface area (Å²) >= 11 is 6.13. The van der Waals surface area contributed by atoms with E-state index in [9.17, 15) is 0 Å². The SMILES string of the molecule is CCCCCCCNCc1cc(Cl)cc(OC)c1OCC. The second-order valence-corrected chi connectivity index (χ2v) is 5.56. The lowest BCUT2D eigenvalue weighted by molar-refractivity contribution is 0.306. The zero-order chi connectivity index (χ0) is 15.5. The van der Waals surface area contributed by atoms with Crippen LogP contribution in [0.25, 0.3) is 0 Å². The van der Waals surface area contributed by atoms with Crippen molar-refractivity contribution in [3.05, 3.63) is 22.7 Å². The van der Waals surface area contributed by atoms with Gasteiger partial charge in [-0.1, -0.05) is 44.2 Å². The summed E-state index contributed by atoms with van der Waals surface area (Å²) in [7, 11) is 1.64. The lowest BCUT2D eigenvalue weighted by Gasteiger charge is -2.15. The summed E-state index contributed by atoms with van der Waals surface area (Å²) in [5.41, 5.74) is 1.05. The van der Waals surface area contributed by atoms with Gasteiger partial charge in [0.1, 0.15) is 0 Å². The van der Waals surface area contributed by atoms with E-state index in [-0.39, 0.29) is 0 Å². The van der Waals surface area contributed by atoms with Crippen molar-refractivity contribution in [3.8, 4) is 11.5 Å². The zero-order valence-electron chi connectivity index (χ0n) is 13.5. The molecule has 120 valence electrons. The van der Waals surface area contributed by atoms with E-state index in [0.717, 1.165) is 24.4 Å². The lowest BCUT2D eigenvalue weighted by atomic mass is 10.1. The highest BCUT2D eigenvalue weighted by Gasteiger charge is 2.12. The van der Waals surface area contributed by atoms with Crippen molar-refractivity contribution in [2.45, 2.75) is 52.5 Å². The van der Waals surface area contributed by atoms with Crippen LogP contribution in [0.4, 0.5) is 0 Å². The van der Waals surface area contributed by atoms with Gasteiger partial charge in [-0.3, -0.25) is 0 Å². The molecule has 3 nitrogen and oxygen atoms in total. The molecule has 0 saturated carbocycles. The van der Waals surface area contributed by atoms with Gasteiger partial charge in [0.2, 0.25) is 0 Å². The van der Waals surface area contributed by atoms with E-state index in [0.29, 0.717) is 17.4 Å². The Hall–Kier alpha value is -0.930. The third kappa shape index (κ3) is 6.58. The largest absolute Gasteiger partial charge is 0.493 e. The highest BCUT2D eigenvalue weighted by atomic mass is 35.5. The molecular formula is C17H28ClNO2. The number of methoxy groups -OCH3 is 1. The molecule has 1 aromatic carbocycles. The van der Waals surface area contributed by atoms with Gasteiger partial charge < -0.3 is 14.8 Å². The Bertz CT molecular complexity index is 410. The fourth-order valence-corrected chi connectivity index (χ4v) is 2.52. The fourth-order valence-electron chi connectivity index (χ4n) is 2.29. The molecule has 0 atom stereocenters. The van der Waals surface area contributed by atoms with Gasteiger partial charge in [0.25, 0.3) is 0 Å². The summed E-state index contributed by atoms with van der Waals surface area (Å²) in [5.74, 6) is 1.49. The van der Waals surface area contributed by atoms with Crippen LogP contribution in [0.3, 0.4) is 0 Å². The van der Waals surface area contributed by atoms with E-state index >= 15 is 0 Å². The smallest absolute Gasteiger partial charge is 0.165 e. The molecule has 0 fully saturated rings. The van der Waals surface area contributed by atoms with E-state index in [1.165, 1.54) is 32.1 Å². The van der Waals surface area contributed by atoms with Gasteiger partial charge in [-0.25, -0.2) is 0 Å². The van der Waals surface area contributed by atoms with Crippen LogP contribution in [0.1, 0.15) is 51.5 Å². The van der Waals surface area contributed by atoms with Gasteiger partial charge in [0, 0.05) is 23.2 Å². The van der Waals surface area contributed by atoms with Crippen LogP contribution in [0.15, 0.2) is 12.1 Å². The van der Waals surface area contributed by atoms with Crippen LogP contribution in [0.2, 0.25) is 5.02 Å². The van der Waals surface area contributed by atoms with Crippen LogP contribution in [-0.4, -0.2) is 20.3 Å². The normalized spacial score (nSPS) is 10.7. The number of hydrogen-bond acceptors (Lipinski definition) is 3. The molecular weight excluding hydrogens is 286 g/mol. The van der Waals surface area contributed by atoms with E-state index in [2.05, 4.69) is 12.2 Å². The molecule has 0 aromatic heterocycles. The van der Waals surface area contributed by atoms with Crippen LogP contribution in [0.5, 0.6) is 11.5 Å². The number of hydrogen-bond donors (Lipinski definition) is 1. The minimum atomic E-state index is 0.613. The third-order valence-electron chi connectivity index (χ3n) is 3.38. The summed E-state index contributed by atoms with van der Waals surface area (Å²) in [4.78, 5) is 0. The molecule has 1 N–H and O–H groups in total. The Balaban J connectivity index is 2.51. The van der Waals surface area contributed by atoms with Crippen molar-refractivity contribution in [3.63, 3.8) is 0 Å². The zero-order valence-corrected chi connectivity index (χ0v) is 14.3. The van der Waals surface area contributed by atoms with Crippen molar-refractivity contribution in [2.24, 2.45) is 0 Å².